The second-order valence-electron chi connectivity index (χ2n) is 4.75. The van der Waals surface area contributed by atoms with Gasteiger partial charge in [-0.3, -0.25) is 4.39 Å². The highest BCUT2D eigenvalue weighted by atomic mass is 19.1. The van der Waals surface area contributed by atoms with Crippen molar-refractivity contribution in [3.8, 4) is 0 Å². The van der Waals surface area contributed by atoms with Gasteiger partial charge in [0.1, 0.15) is 0 Å². The zero-order valence-electron chi connectivity index (χ0n) is 9.66. The number of halogens is 1. The Labute approximate surface area is 96.9 Å². The molecular formula is C14H20FN. The second kappa shape index (κ2) is 5.44. The minimum absolute atomic E-state index is 0.0917. The van der Waals surface area contributed by atoms with Gasteiger partial charge in [0, 0.05) is 12.5 Å². The van der Waals surface area contributed by atoms with Gasteiger partial charge in [0.25, 0.3) is 0 Å². The topological polar surface area (TPSA) is 26.0 Å². The molecule has 0 saturated heterocycles. The van der Waals surface area contributed by atoms with Crippen LogP contribution < -0.4 is 5.73 Å². The lowest BCUT2D eigenvalue weighted by molar-refractivity contribution is 0.337. The fraction of sp³-hybridized carbons (Fsp3) is 0.571. The van der Waals surface area contributed by atoms with E-state index in [0.717, 1.165) is 11.1 Å². The van der Waals surface area contributed by atoms with E-state index in [4.69, 9.17) is 5.73 Å². The van der Waals surface area contributed by atoms with Gasteiger partial charge >= 0.3 is 0 Å². The van der Waals surface area contributed by atoms with Crippen LogP contribution in [0.25, 0.3) is 0 Å². The second-order valence-corrected chi connectivity index (χ2v) is 4.75. The largest absolute Gasteiger partial charge is 0.326 e. The third-order valence-electron chi connectivity index (χ3n) is 3.75. The van der Waals surface area contributed by atoms with Gasteiger partial charge in [-0.1, -0.05) is 37.1 Å². The van der Waals surface area contributed by atoms with E-state index in [1.165, 1.54) is 25.7 Å². The average molecular weight is 221 g/mol. The fourth-order valence-corrected chi connectivity index (χ4v) is 2.80. The zero-order valence-corrected chi connectivity index (χ0v) is 9.66. The quantitative estimate of drug-likeness (QED) is 0.828. The highest BCUT2D eigenvalue weighted by molar-refractivity contribution is 5.27. The van der Waals surface area contributed by atoms with Crippen LogP contribution in [-0.2, 0) is 6.54 Å². The van der Waals surface area contributed by atoms with Crippen molar-refractivity contribution in [2.45, 2.75) is 38.1 Å². The number of benzene rings is 1. The van der Waals surface area contributed by atoms with Crippen LogP contribution in [0.3, 0.4) is 0 Å². The molecule has 1 aromatic carbocycles. The third kappa shape index (κ3) is 2.43. The Bertz CT molecular complexity index is 331. The Kier molecular flexibility index (Phi) is 3.94. The van der Waals surface area contributed by atoms with Gasteiger partial charge in [-0.2, -0.15) is 0 Å². The maximum atomic E-state index is 13.2. The summed E-state index contributed by atoms with van der Waals surface area (Å²) >= 11 is 0. The normalized spacial score (nSPS) is 18.9. The minimum atomic E-state index is -0.237. The maximum absolute atomic E-state index is 13.2. The van der Waals surface area contributed by atoms with Gasteiger partial charge in [0.2, 0.25) is 0 Å². The van der Waals surface area contributed by atoms with E-state index in [-0.39, 0.29) is 12.6 Å². The van der Waals surface area contributed by atoms with Crippen molar-refractivity contribution >= 4 is 0 Å². The monoisotopic (exact) mass is 221 g/mol. The molecule has 1 aromatic rings. The summed E-state index contributed by atoms with van der Waals surface area (Å²) in [6.07, 6.45) is 4.89. The van der Waals surface area contributed by atoms with E-state index in [9.17, 15) is 4.39 Å². The average Bonchev–Trinajstić information content (AvgIpc) is 2.84. The highest BCUT2D eigenvalue weighted by Crippen LogP contribution is 2.37. The van der Waals surface area contributed by atoms with Crippen LogP contribution in [-0.4, -0.2) is 6.67 Å². The molecule has 0 amide bonds. The lowest BCUT2D eigenvalue weighted by atomic mass is 9.85. The molecule has 0 radical (unpaired) electrons. The molecule has 1 saturated carbocycles. The highest BCUT2D eigenvalue weighted by Gasteiger charge is 2.26. The molecule has 1 fully saturated rings. The number of rotatable bonds is 4. The zero-order chi connectivity index (χ0) is 11.4. The van der Waals surface area contributed by atoms with E-state index in [2.05, 4.69) is 6.07 Å². The summed E-state index contributed by atoms with van der Waals surface area (Å²) in [6, 6.07) is 8.12. The van der Waals surface area contributed by atoms with E-state index in [0.29, 0.717) is 12.5 Å². The molecule has 1 aliphatic carbocycles. The van der Waals surface area contributed by atoms with Crippen LogP contribution in [0.1, 0.15) is 42.7 Å². The van der Waals surface area contributed by atoms with Crippen molar-refractivity contribution in [2.75, 3.05) is 6.67 Å². The molecule has 1 aliphatic rings. The summed E-state index contributed by atoms with van der Waals surface area (Å²) in [4.78, 5) is 0. The Morgan fingerprint density at radius 3 is 2.69 bits per heavy atom. The summed E-state index contributed by atoms with van der Waals surface area (Å²) in [6.45, 7) is 0.302. The van der Waals surface area contributed by atoms with Crippen LogP contribution in [0.4, 0.5) is 4.39 Å². The molecule has 1 nitrogen and oxygen atoms in total. The molecule has 2 rings (SSSR count). The van der Waals surface area contributed by atoms with Gasteiger partial charge in [0.15, 0.2) is 0 Å². The van der Waals surface area contributed by atoms with Crippen LogP contribution in [0.5, 0.6) is 0 Å². The van der Waals surface area contributed by atoms with Crippen LogP contribution >= 0.6 is 0 Å². The van der Waals surface area contributed by atoms with Gasteiger partial charge < -0.3 is 5.73 Å². The summed E-state index contributed by atoms with van der Waals surface area (Å²) in [7, 11) is 0. The summed E-state index contributed by atoms with van der Waals surface area (Å²) in [5.74, 6) is 0.632. The van der Waals surface area contributed by atoms with Crippen LogP contribution in [0, 0.1) is 5.92 Å². The van der Waals surface area contributed by atoms with E-state index in [1.807, 2.05) is 18.2 Å². The molecule has 0 aliphatic heterocycles. The van der Waals surface area contributed by atoms with Gasteiger partial charge in [0.05, 0.1) is 6.67 Å². The van der Waals surface area contributed by atoms with Crippen LogP contribution in [0.2, 0.25) is 0 Å². The molecule has 0 spiro atoms. The van der Waals surface area contributed by atoms with Crippen LogP contribution in [0.15, 0.2) is 24.3 Å². The smallest absolute Gasteiger partial charge is 0.0965 e. The molecule has 2 N–H and O–H groups in total. The lowest BCUT2D eigenvalue weighted by Crippen LogP contribution is -2.12. The van der Waals surface area contributed by atoms with Crippen molar-refractivity contribution in [1.82, 2.24) is 0 Å². The summed E-state index contributed by atoms with van der Waals surface area (Å²) in [5.41, 5.74) is 7.86. The number of hydrogen-bond acceptors (Lipinski definition) is 1. The van der Waals surface area contributed by atoms with Gasteiger partial charge in [-0.25, -0.2) is 0 Å². The van der Waals surface area contributed by atoms with E-state index >= 15 is 0 Å². The molecule has 0 aromatic heterocycles. The first-order chi connectivity index (χ1) is 7.85. The van der Waals surface area contributed by atoms with Crippen molar-refractivity contribution in [3.63, 3.8) is 0 Å². The minimum Gasteiger partial charge on any atom is -0.326 e. The SMILES string of the molecule is NCc1cccc(C(CF)C2CCCC2)c1. The molecule has 0 bridgehead atoms. The van der Waals surface area contributed by atoms with Gasteiger partial charge in [-0.05, 0) is 29.9 Å². The lowest BCUT2D eigenvalue weighted by Gasteiger charge is -2.21. The standard InChI is InChI=1S/C14H20FN/c15-9-14(12-5-1-2-6-12)13-7-3-4-11(8-13)10-16/h3-4,7-8,12,14H,1-2,5-6,9-10,16H2. The molecule has 88 valence electrons. The Hall–Kier alpha value is -0.890. The third-order valence-corrected chi connectivity index (χ3v) is 3.75. The maximum Gasteiger partial charge on any atom is 0.0965 e. The Balaban J connectivity index is 2.18. The first-order valence-electron chi connectivity index (χ1n) is 6.20. The number of alkyl halides is 1. The van der Waals surface area contributed by atoms with Crippen molar-refractivity contribution in [3.05, 3.63) is 35.4 Å². The van der Waals surface area contributed by atoms with E-state index in [1.54, 1.807) is 0 Å². The van der Waals surface area contributed by atoms with E-state index < -0.39 is 0 Å². The van der Waals surface area contributed by atoms with Gasteiger partial charge in [-0.15, -0.1) is 0 Å². The van der Waals surface area contributed by atoms with Crippen molar-refractivity contribution in [2.24, 2.45) is 11.7 Å². The fourth-order valence-electron chi connectivity index (χ4n) is 2.80. The molecule has 16 heavy (non-hydrogen) atoms. The van der Waals surface area contributed by atoms with Crippen molar-refractivity contribution < 1.29 is 4.39 Å². The number of hydrogen-bond donors (Lipinski definition) is 1. The summed E-state index contributed by atoms with van der Waals surface area (Å²) < 4.78 is 13.2. The first kappa shape index (κ1) is 11.6. The molecule has 0 heterocycles. The van der Waals surface area contributed by atoms with Crippen molar-refractivity contribution in [1.29, 1.82) is 0 Å². The number of nitrogens with two attached hydrogens (primary N) is 1. The molecular weight excluding hydrogens is 201 g/mol. The predicted octanol–water partition coefficient (Wildman–Crippen LogP) is 3.39. The Morgan fingerprint density at radius 2 is 2.06 bits per heavy atom. The molecule has 2 heteroatoms. The first-order valence-corrected chi connectivity index (χ1v) is 6.20. The Morgan fingerprint density at radius 1 is 1.31 bits per heavy atom. The molecule has 1 atom stereocenters. The predicted molar refractivity (Wildman–Crippen MR) is 65.0 cm³/mol. The summed E-state index contributed by atoms with van der Waals surface area (Å²) in [5, 5.41) is 0. The molecule has 1 unspecified atom stereocenters.